The lowest BCUT2D eigenvalue weighted by atomic mass is 9.34. The van der Waals surface area contributed by atoms with Gasteiger partial charge >= 0.3 is 23.7 Å². The van der Waals surface area contributed by atoms with E-state index in [1.54, 1.807) is 13.8 Å². The molecule has 6 rings (SSSR count). The average molecular weight is 694 g/mol. The largest absolute Gasteiger partial charge is 0.481 e. The topological polar surface area (TPSA) is 149 Å². The summed E-state index contributed by atoms with van der Waals surface area (Å²) in [4.78, 5) is 52.3. The number of aryl methyl sites for hydroxylation is 1. The highest BCUT2D eigenvalue weighted by Crippen LogP contribution is 2.75. The Labute approximate surface area is 297 Å². The molecule has 1 amide bonds. The number of allylic oxidation sites excluding steroid dienone is 1. The number of hydrogen-bond acceptors (Lipinski definition) is 8. The number of aliphatic carboxylic acids is 1. The third-order valence-corrected chi connectivity index (χ3v) is 15.0. The number of carbonyl (C=O) groups is 4. The van der Waals surface area contributed by atoms with Crippen molar-refractivity contribution in [2.45, 2.75) is 152 Å². The van der Waals surface area contributed by atoms with Crippen molar-refractivity contribution in [2.75, 3.05) is 0 Å². The van der Waals surface area contributed by atoms with E-state index in [0.29, 0.717) is 37.0 Å². The highest BCUT2D eigenvalue weighted by atomic mass is 16.5. The maximum Gasteiger partial charge on any atom is 0.309 e. The van der Waals surface area contributed by atoms with E-state index in [9.17, 15) is 24.3 Å². The Morgan fingerprint density at radius 3 is 2.32 bits per heavy atom. The van der Waals surface area contributed by atoms with Crippen molar-refractivity contribution >= 4 is 23.6 Å². The van der Waals surface area contributed by atoms with E-state index in [1.807, 2.05) is 6.92 Å². The molecule has 10 heteroatoms. The first-order valence-electron chi connectivity index (χ1n) is 19.0. The van der Waals surface area contributed by atoms with Crippen LogP contribution in [-0.4, -0.2) is 50.6 Å². The molecule has 0 bridgehead atoms. The summed E-state index contributed by atoms with van der Waals surface area (Å²) < 4.78 is 11.8. The van der Waals surface area contributed by atoms with Gasteiger partial charge in [-0.25, -0.2) is 0 Å². The molecule has 2 N–H and O–H groups in total. The molecule has 0 radical (unpaired) electrons. The number of carbonyl (C=O) groups excluding carboxylic acids is 3. The highest BCUT2D eigenvalue weighted by Gasteiger charge is 2.69. The Morgan fingerprint density at radius 1 is 1.00 bits per heavy atom. The molecular weight excluding hydrogens is 634 g/mol. The van der Waals surface area contributed by atoms with Gasteiger partial charge in [0.1, 0.15) is 11.9 Å². The van der Waals surface area contributed by atoms with Gasteiger partial charge in [-0.1, -0.05) is 61.0 Å². The van der Waals surface area contributed by atoms with Crippen molar-refractivity contribution in [3.63, 3.8) is 0 Å². The molecule has 4 fully saturated rings. The average Bonchev–Trinajstić information content (AvgIpc) is 3.61. The van der Waals surface area contributed by atoms with Gasteiger partial charge in [-0.3, -0.25) is 19.2 Å². The summed E-state index contributed by atoms with van der Waals surface area (Å²) in [5.74, 6) is -0.623. The van der Waals surface area contributed by atoms with Crippen molar-refractivity contribution in [1.82, 2.24) is 15.5 Å². The van der Waals surface area contributed by atoms with Gasteiger partial charge in [0.05, 0.1) is 17.4 Å². The van der Waals surface area contributed by atoms with Crippen LogP contribution in [-0.2, 0) is 25.5 Å². The second kappa shape index (κ2) is 12.0. The van der Waals surface area contributed by atoms with Gasteiger partial charge < -0.3 is 19.6 Å². The molecule has 276 valence electrons. The number of rotatable bonds is 8. The van der Waals surface area contributed by atoms with Crippen molar-refractivity contribution in [3.8, 4) is 0 Å². The summed E-state index contributed by atoms with van der Waals surface area (Å²) in [6.07, 6.45) is 7.64. The van der Waals surface area contributed by atoms with Crippen LogP contribution in [0.1, 0.15) is 150 Å². The second-order valence-corrected chi connectivity index (χ2v) is 18.8. The van der Waals surface area contributed by atoms with Crippen LogP contribution in [0.25, 0.3) is 0 Å². The van der Waals surface area contributed by atoms with E-state index in [1.165, 1.54) is 5.57 Å². The molecule has 5 aliphatic rings. The lowest BCUT2D eigenvalue weighted by Crippen LogP contribution is -2.65. The zero-order valence-corrected chi connectivity index (χ0v) is 32.0. The Bertz CT molecular complexity index is 1620. The molecule has 8 atom stereocenters. The van der Waals surface area contributed by atoms with Gasteiger partial charge in [0, 0.05) is 24.2 Å². The number of ketones is 1. The van der Waals surface area contributed by atoms with Crippen molar-refractivity contribution in [2.24, 2.45) is 50.7 Å². The third kappa shape index (κ3) is 5.31. The van der Waals surface area contributed by atoms with Crippen LogP contribution < -0.4 is 5.32 Å². The maximum absolute atomic E-state index is 13.9. The zero-order chi connectivity index (χ0) is 36.8. The fourth-order valence-electron chi connectivity index (χ4n) is 12.2. The summed E-state index contributed by atoms with van der Waals surface area (Å²) in [6.45, 7) is 21.2. The third-order valence-electron chi connectivity index (χ3n) is 15.0. The number of hydrogen-bond donors (Lipinski definition) is 2. The van der Waals surface area contributed by atoms with E-state index in [4.69, 9.17) is 9.15 Å². The van der Waals surface area contributed by atoms with Crippen molar-refractivity contribution < 1.29 is 33.4 Å². The highest BCUT2D eigenvalue weighted by molar-refractivity contribution is 5.95. The minimum absolute atomic E-state index is 0.0181. The lowest BCUT2D eigenvalue weighted by Gasteiger charge is -2.70. The summed E-state index contributed by atoms with van der Waals surface area (Å²) in [5, 5.41) is 20.9. The summed E-state index contributed by atoms with van der Waals surface area (Å²) in [6, 6.07) is 0. The Kier molecular flexibility index (Phi) is 8.82. The molecular formula is C40H59N3O7. The summed E-state index contributed by atoms with van der Waals surface area (Å²) in [5.41, 5.74) is 0.221. The smallest absolute Gasteiger partial charge is 0.309 e. The Balaban J connectivity index is 1.32. The number of amides is 1. The molecule has 0 saturated heterocycles. The van der Waals surface area contributed by atoms with Crippen LogP contribution in [0.2, 0.25) is 0 Å². The first kappa shape index (κ1) is 36.7. The molecule has 4 saturated carbocycles. The molecule has 1 heterocycles. The first-order chi connectivity index (χ1) is 23.2. The van der Waals surface area contributed by atoms with E-state index >= 15 is 0 Å². The monoisotopic (exact) mass is 693 g/mol. The standard InChI is InChI=1S/C40H59N3O7/c1-11-28-42-43-33(50-28)32(46)41-40-19-18-38(9)23(31(40)30(22(2)3)24(44)20-40)12-13-26-37(8)16-15-27(49-29(45)21-35(4,5)34(47)48)36(6,7)25(37)14-17-39(26,38)10/h22,25-27,30H,11-21H2,1-10H3,(H,41,46)(H,47,48)/t25?,26?,27-,30?,37-,38+,39+,40+/m0/s1. The number of aromatic nitrogens is 2. The predicted octanol–water partition coefficient (Wildman–Crippen LogP) is 7.51. The number of carboxylic acid groups (broad SMARTS) is 1. The van der Waals surface area contributed by atoms with Gasteiger partial charge in [-0.05, 0) is 105 Å². The predicted molar refractivity (Wildman–Crippen MR) is 187 cm³/mol. The maximum atomic E-state index is 13.9. The van der Waals surface area contributed by atoms with Gasteiger partial charge in [0.2, 0.25) is 5.89 Å². The molecule has 0 aromatic carbocycles. The van der Waals surface area contributed by atoms with Crippen LogP contribution in [0.3, 0.4) is 0 Å². The molecule has 3 unspecified atom stereocenters. The second-order valence-electron chi connectivity index (χ2n) is 18.8. The minimum Gasteiger partial charge on any atom is -0.481 e. The minimum atomic E-state index is -1.18. The van der Waals surface area contributed by atoms with Crippen molar-refractivity contribution in [3.05, 3.63) is 22.9 Å². The Hall–Kier alpha value is -3.04. The fourth-order valence-corrected chi connectivity index (χ4v) is 12.2. The van der Waals surface area contributed by atoms with Crippen LogP contribution in [0.5, 0.6) is 0 Å². The number of ether oxygens (including phenoxy) is 1. The fraction of sp³-hybridized carbons (Fsp3) is 0.800. The molecule has 0 aliphatic heterocycles. The van der Waals surface area contributed by atoms with E-state index < -0.39 is 28.8 Å². The van der Waals surface area contributed by atoms with Crippen LogP contribution in [0.15, 0.2) is 15.6 Å². The van der Waals surface area contributed by atoms with Crippen LogP contribution in [0, 0.1) is 50.7 Å². The van der Waals surface area contributed by atoms with Gasteiger partial charge in [-0.2, -0.15) is 0 Å². The van der Waals surface area contributed by atoms with Crippen LogP contribution in [0.4, 0.5) is 0 Å². The number of esters is 1. The molecule has 1 aromatic rings. The molecule has 10 nitrogen and oxygen atoms in total. The Morgan fingerprint density at radius 2 is 1.70 bits per heavy atom. The quantitative estimate of drug-likeness (QED) is 0.208. The number of fused-ring (bicyclic) bond motifs is 6. The molecule has 5 aliphatic carbocycles. The zero-order valence-electron chi connectivity index (χ0n) is 32.0. The SMILES string of the molecule is CCc1nnc(C(=O)N[C@@]23CC[C@]4(C)C(=C2C(C(C)C)C(=O)C3)CCC2[C@@]3(C)CC[C@H](OC(=O)CC(C)(C)C(=O)O)C(C)(C)C3CC[C@]24C)o1. The number of nitrogens with one attached hydrogen (secondary N) is 1. The molecule has 0 spiro atoms. The lowest BCUT2D eigenvalue weighted by molar-refractivity contribution is -0.214. The summed E-state index contributed by atoms with van der Waals surface area (Å²) >= 11 is 0. The van der Waals surface area contributed by atoms with E-state index in [0.717, 1.165) is 50.5 Å². The summed E-state index contributed by atoms with van der Waals surface area (Å²) in [7, 11) is 0. The normalized spacial score (nSPS) is 37.8. The van der Waals surface area contributed by atoms with E-state index in [2.05, 4.69) is 64.0 Å². The number of Topliss-reactive ketones (excluding diaryl/α,β-unsaturated/α-hetero) is 1. The number of nitrogens with zero attached hydrogens (tertiary/aromatic N) is 2. The first-order valence-corrected chi connectivity index (χ1v) is 19.0. The number of carboxylic acids is 1. The van der Waals surface area contributed by atoms with Crippen LogP contribution >= 0.6 is 0 Å². The molecule has 1 aromatic heterocycles. The van der Waals surface area contributed by atoms with Gasteiger partial charge in [-0.15, -0.1) is 10.2 Å². The van der Waals surface area contributed by atoms with E-state index in [-0.39, 0.29) is 57.7 Å². The molecule has 50 heavy (non-hydrogen) atoms. The van der Waals surface area contributed by atoms with Gasteiger partial charge in [0.15, 0.2) is 0 Å². The van der Waals surface area contributed by atoms with Gasteiger partial charge in [0.25, 0.3) is 0 Å². The van der Waals surface area contributed by atoms with Crippen molar-refractivity contribution in [1.29, 1.82) is 0 Å².